The normalized spacial score (nSPS) is 18.5. The van der Waals surface area contributed by atoms with Crippen LogP contribution in [-0.4, -0.2) is 37.0 Å². The lowest BCUT2D eigenvalue weighted by Crippen LogP contribution is -2.57. The fraction of sp³-hybridized carbons (Fsp3) is 0.615. The first kappa shape index (κ1) is 13.8. The van der Waals surface area contributed by atoms with Gasteiger partial charge in [0.1, 0.15) is 0 Å². The molecular weight excluding hydrogens is 268 g/mol. The van der Waals surface area contributed by atoms with Crippen LogP contribution in [0, 0.1) is 0 Å². The van der Waals surface area contributed by atoms with Gasteiger partial charge in [-0.2, -0.15) is 0 Å². The Hall–Kier alpha value is -0.580. The second kappa shape index (κ2) is 5.59. The van der Waals surface area contributed by atoms with E-state index in [-0.39, 0.29) is 18.3 Å². The minimum Gasteiger partial charge on any atom is -0.335 e. The van der Waals surface area contributed by atoms with Gasteiger partial charge in [0.2, 0.25) is 0 Å². The van der Waals surface area contributed by atoms with Gasteiger partial charge >= 0.3 is 0 Å². The van der Waals surface area contributed by atoms with Crippen molar-refractivity contribution in [2.75, 3.05) is 20.1 Å². The summed E-state index contributed by atoms with van der Waals surface area (Å²) < 4.78 is 0. The molecule has 18 heavy (non-hydrogen) atoms. The van der Waals surface area contributed by atoms with Crippen molar-refractivity contribution in [3.05, 3.63) is 21.4 Å². The number of hydrogen-bond acceptors (Lipinski definition) is 3. The quantitative estimate of drug-likeness (QED) is 0.903. The maximum Gasteiger partial charge on any atom is 0.264 e. The van der Waals surface area contributed by atoms with Crippen LogP contribution in [0.15, 0.2) is 6.07 Å². The summed E-state index contributed by atoms with van der Waals surface area (Å²) in [7, 11) is 1.92. The van der Waals surface area contributed by atoms with Crippen molar-refractivity contribution in [3.8, 4) is 0 Å². The average Bonchev–Trinajstić information content (AvgIpc) is 2.68. The van der Waals surface area contributed by atoms with E-state index in [9.17, 15) is 4.79 Å². The second-order valence-corrected chi connectivity index (χ2v) is 6.13. The number of nitrogens with one attached hydrogen (secondary N) is 1. The third-order valence-electron chi connectivity index (χ3n) is 3.84. The van der Waals surface area contributed by atoms with E-state index in [0.29, 0.717) is 6.04 Å². The first-order valence-electron chi connectivity index (χ1n) is 6.35. The zero-order valence-electron chi connectivity index (χ0n) is 10.6. The Labute approximate surface area is 118 Å². The van der Waals surface area contributed by atoms with Crippen LogP contribution in [-0.2, 0) is 12.8 Å². The molecule has 0 unspecified atom stereocenters. The van der Waals surface area contributed by atoms with Crippen LogP contribution < -0.4 is 5.32 Å². The predicted molar refractivity (Wildman–Crippen MR) is 77.0 cm³/mol. The highest BCUT2D eigenvalue weighted by Crippen LogP contribution is 2.30. The highest BCUT2D eigenvalue weighted by atomic mass is 35.5. The van der Waals surface area contributed by atoms with Gasteiger partial charge in [-0.1, -0.05) is 0 Å². The number of carbonyl (C=O) groups is 1. The summed E-state index contributed by atoms with van der Waals surface area (Å²) in [5.74, 6) is 0.205. The van der Waals surface area contributed by atoms with Crippen molar-refractivity contribution in [2.24, 2.45) is 0 Å². The summed E-state index contributed by atoms with van der Waals surface area (Å²) in [5, 5.41) is 3.21. The monoisotopic (exact) mass is 286 g/mol. The summed E-state index contributed by atoms with van der Waals surface area (Å²) in [4.78, 5) is 16.6. The van der Waals surface area contributed by atoms with E-state index in [1.54, 1.807) is 11.3 Å². The summed E-state index contributed by atoms with van der Waals surface area (Å²) in [5.41, 5.74) is 1.42. The van der Waals surface area contributed by atoms with Crippen molar-refractivity contribution >= 4 is 29.7 Å². The Balaban J connectivity index is 0.00000120. The Morgan fingerprint density at radius 3 is 2.72 bits per heavy atom. The highest BCUT2D eigenvalue weighted by molar-refractivity contribution is 7.14. The average molecular weight is 287 g/mol. The van der Waals surface area contributed by atoms with Gasteiger partial charge in [0.25, 0.3) is 5.91 Å². The number of thiophene rings is 1. The van der Waals surface area contributed by atoms with Crippen LogP contribution in [0.25, 0.3) is 0 Å². The molecule has 3 nitrogen and oxygen atoms in total. The largest absolute Gasteiger partial charge is 0.335 e. The van der Waals surface area contributed by atoms with Gasteiger partial charge in [-0.15, -0.1) is 23.7 Å². The molecule has 2 aliphatic rings. The van der Waals surface area contributed by atoms with Crippen LogP contribution in [0.4, 0.5) is 0 Å². The number of likely N-dealkylation sites (N-methyl/N-ethyl adjacent to an activating group) is 1. The molecular formula is C13H19ClN2OS. The molecule has 1 aromatic heterocycles. The molecule has 0 atom stereocenters. The van der Waals surface area contributed by atoms with Gasteiger partial charge in [0, 0.05) is 25.0 Å². The van der Waals surface area contributed by atoms with Crippen molar-refractivity contribution in [1.29, 1.82) is 0 Å². The lowest BCUT2D eigenvalue weighted by molar-refractivity contribution is 0.0686. The first-order chi connectivity index (χ1) is 8.25. The van der Waals surface area contributed by atoms with E-state index < -0.39 is 0 Å². The molecule has 1 aliphatic heterocycles. The smallest absolute Gasteiger partial charge is 0.264 e. The number of fused-ring (bicyclic) bond motifs is 1. The Bertz CT molecular complexity index is 419. The molecule has 1 amide bonds. The zero-order chi connectivity index (χ0) is 11.8. The number of hydrogen-bond donors (Lipinski definition) is 1. The van der Waals surface area contributed by atoms with E-state index in [4.69, 9.17) is 0 Å². The summed E-state index contributed by atoms with van der Waals surface area (Å²) in [6.07, 6.45) is 4.89. The minimum atomic E-state index is 0. The number of halogens is 1. The van der Waals surface area contributed by atoms with E-state index >= 15 is 0 Å². The predicted octanol–water partition coefficient (Wildman–Crippen LogP) is 2.09. The first-order valence-corrected chi connectivity index (χ1v) is 7.17. The van der Waals surface area contributed by atoms with E-state index in [2.05, 4.69) is 11.4 Å². The number of amides is 1. The number of aryl methyl sites for hydroxylation is 2. The van der Waals surface area contributed by atoms with Crippen LogP contribution in [0.2, 0.25) is 0 Å². The summed E-state index contributed by atoms with van der Waals surface area (Å²) in [6, 6.07) is 2.52. The molecule has 3 rings (SSSR count). The van der Waals surface area contributed by atoms with Crippen LogP contribution in [0.5, 0.6) is 0 Å². The van der Waals surface area contributed by atoms with Crippen LogP contribution in [0.1, 0.15) is 33.0 Å². The fourth-order valence-corrected chi connectivity index (χ4v) is 3.72. The molecule has 0 radical (unpaired) electrons. The number of nitrogens with zero attached hydrogens (tertiary/aromatic N) is 1. The Morgan fingerprint density at radius 2 is 2.11 bits per heavy atom. The van der Waals surface area contributed by atoms with E-state index in [0.717, 1.165) is 24.4 Å². The van der Waals surface area contributed by atoms with Crippen molar-refractivity contribution < 1.29 is 4.79 Å². The van der Waals surface area contributed by atoms with Crippen molar-refractivity contribution in [1.82, 2.24) is 10.2 Å². The number of rotatable bonds is 2. The molecule has 5 heteroatoms. The molecule has 1 aromatic rings. The lowest BCUT2D eigenvalue weighted by atomic mass is 9.99. The van der Waals surface area contributed by atoms with Gasteiger partial charge < -0.3 is 10.2 Å². The lowest BCUT2D eigenvalue weighted by Gasteiger charge is -2.35. The maximum atomic E-state index is 12.3. The molecule has 1 N–H and O–H groups in total. The molecule has 0 saturated carbocycles. The van der Waals surface area contributed by atoms with Crippen LogP contribution >= 0.6 is 23.7 Å². The topological polar surface area (TPSA) is 32.3 Å². The minimum absolute atomic E-state index is 0. The second-order valence-electron chi connectivity index (χ2n) is 4.99. The molecule has 0 bridgehead atoms. The molecule has 2 heterocycles. The van der Waals surface area contributed by atoms with Gasteiger partial charge in [-0.25, -0.2) is 0 Å². The van der Waals surface area contributed by atoms with Gasteiger partial charge in [0.05, 0.1) is 10.9 Å². The molecule has 100 valence electrons. The Morgan fingerprint density at radius 1 is 1.39 bits per heavy atom. The molecule has 0 aromatic carbocycles. The molecule has 1 fully saturated rings. The van der Waals surface area contributed by atoms with Gasteiger partial charge in [-0.3, -0.25) is 4.79 Å². The maximum absolute atomic E-state index is 12.3. The SMILES string of the molecule is CN(C(=O)c1cc2c(s1)CCCC2)C1CNC1.Cl. The summed E-state index contributed by atoms with van der Waals surface area (Å²) in [6.45, 7) is 1.88. The zero-order valence-corrected chi connectivity index (χ0v) is 12.2. The van der Waals surface area contributed by atoms with Crippen molar-refractivity contribution in [2.45, 2.75) is 31.7 Å². The van der Waals surface area contributed by atoms with Gasteiger partial charge in [-0.05, 0) is 37.3 Å². The fourth-order valence-electron chi connectivity index (χ4n) is 2.48. The molecule has 1 aliphatic carbocycles. The third kappa shape index (κ3) is 2.42. The van der Waals surface area contributed by atoms with E-state index in [1.807, 2.05) is 11.9 Å². The molecule has 1 saturated heterocycles. The highest BCUT2D eigenvalue weighted by Gasteiger charge is 2.27. The summed E-state index contributed by atoms with van der Waals surface area (Å²) >= 11 is 1.71. The van der Waals surface area contributed by atoms with Crippen molar-refractivity contribution in [3.63, 3.8) is 0 Å². The number of carbonyl (C=O) groups excluding carboxylic acids is 1. The third-order valence-corrected chi connectivity index (χ3v) is 5.06. The molecule has 0 spiro atoms. The van der Waals surface area contributed by atoms with E-state index in [1.165, 1.54) is 29.7 Å². The standard InChI is InChI=1S/C13H18N2OS.ClH/c1-15(10-7-14-8-10)13(16)12-6-9-4-2-3-5-11(9)17-12;/h6,10,14H,2-5,7-8H2,1H3;1H. The Kier molecular flexibility index (Phi) is 4.30. The van der Waals surface area contributed by atoms with Crippen LogP contribution in [0.3, 0.4) is 0 Å². The van der Waals surface area contributed by atoms with Gasteiger partial charge in [0.15, 0.2) is 0 Å².